The molecular weight excluding hydrogens is 240 g/mol. The first kappa shape index (κ1) is 12.5. The van der Waals surface area contributed by atoms with Gasteiger partial charge in [-0.15, -0.1) is 0 Å². The Balaban J connectivity index is 2.14. The SMILES string of the molecule is CCCC1(N)CN(S(=O)(=O)c2ccnn2C)C1. The van der Waals surface area contributed by atoms with Crippen LogP contribution in [0.1, 0.15) is 19.8 Å². The fraction of sp³-hybridized carbons (Fsp3) is 0.700. The number of rotatable bonds is 4. The molecule has 0 atom stereocenters. The van der Waals surface area contributed by atoms with Gasteiger partial charge in [-0.3, -0.25) is 4.68 Å². The molecule has 0 saturated carbocycles. The monoisotopic (exact) mass is 258 g/mol. The zero-order valence-corrected chi connectivity index (χ0v) is 10.9. The van der Waals surface area contributed by atoms with Gasteiger partial charge < -0.3 is 5.73 Å². The summed E-state index contributed by atoms with van der Waals surface area (Å²) < 4.78 is 27.2. The Kier molecular flexibility index (Phi) is 3.01. The van der Waals surface area contributed by atoms with E-state index < -0.39 is 10.0 Å². The molecule has 1 aromatic heterocycles. The molecule has 2 N–H and O–H groups in total. The van der Waals surface area contributed by atoms with Crippen LogP contribution in [0.3, 0.4) is 0 Å². The summed E-state index contributed by atoms with van der Waals surface area (Å²) in [6.45, 7) is 2.84. The van der Waals surface area contributed by atoms with Crippen LogP contribution in [0.2, 0.25) is 0 Å². The van der Waals surface area contributed by atoms with Gasteiger partial charge in [-0.25, -0.2) is 8.42 Å². The topological polar surface area (TPSA) is 81.2 Å². The molecule has 17 heavy (non-hydrogen) atoms. The van der Waals surface area contributed by atoms with Crippen molar-refractivity contribution in [1.82, 2.24) is 14.1 Å². The summed E-state index contributed by atoms with van der Waals surface area (Å²) in [5.74, 6) is 0. The van der Waals surface area contributed by atoms with Gasteiger partial charge in [0.15, 0.2) is 5.03 Å². The normalized spacial score (nSPS) is 20.2. The van der Waals surface area contributed by atoms with Crippen molar-refractivity contribution in [1.29, 1.82) is 0 Å². The number of hydrogen-bond donors (Lipinski definition) is 1. The van der Waals surface area contributed by atoms with Crippen molar-refractivity contribution in [2.45, 2.75) is 30.3 Å². The first-order valence-electron chi connectivity index (χ1n) is 5.66. The summed E-state index contributed by atoms with van der Waals surface area (Å²) in [5.41, 5.74) is 5.72. The fourth-order valence-corrected chi connectivity index (χ4v) is 3.96. The van der Waals surface area contributed by atoms with Crippen LogP contribution in [-0.4, -0.2) is 41.1 Å². The van der Waals surface area contributed by atoms with E-state index in [9.17, 15) is 8.42 Å². The molecule has 1 aliphatic rings. The van der Waals surface area contributed by atoms with Gasteiger partial charge in [-0.2, -0.15) is 9.40 Å². The van der Waals surface area contributed by atoms with Crippen LogP contribution in [0.5, 0.6) is 0 Å². The average molecular weight is 258 g/mol. The van der Waals surface area contributed by atoms with Crippen LogP contribution in [0.4, 0.5) is 0 Å². The van der Waals surface area contributed by atoms with Gasteiger partial charge >= 0.3 is 0 Å². The molecule has 1 aliphatic heterocycles. The molecule has 0 aliphatic carbocycles. The summed E-state index contributed by atoms with van der Waals surface area (Å²) >= 11 is 0. The minimum Gasteiger partial charge on any atom is -0.323 e. The van der Waals surface area contributed by atoms with Crippen LogP contribution in [0, 0.1) is 0 Å². The van der Waals surface area contributed by atoms with E-state index in [2.05, 4.69) is 5.10 Å². The van der Waals surface area contributed by atoms with Crippen LogP contribution in [-0.2, 0) is 17.1 Å². The summed E-state index contributed by atoms with van der Waals surface area (Å²) in [7, 11) is -1.81. The van der Waals surface area contributed by atoms with E-state index in [-0.39, 0.29) is 10.6 Å². The maximum atomic E-state index is 12.2. The van der Waals surface area contributed by atoms with Crippen molar-refractivity contribution in [3.8, 4) is 0 Å². The summed E-state index contributed by atoms with van der Waals surface area (Å²) in [5, 5.41) is 4.09. The van der Waals surface area contributed by atoms with E-state index in [1.165, 1.54) is 21.3 Å². The maximum absolute atomic E-state index is 12.2. The lowest BCUT2D eigenvalue weighted by molar-refractivity contribution is 0.146. The molecule has 1 saturated heterocycles. The fourth-order valence-electron chi connectivity index (χ4n) is 2.23. The van der Waals surface area contributed by atoms with Gasteiger partial charge in [-0.05, 0) is 12.5 Å². The number of nitrogens with zero attached hydrogens (tertiary/aromatic N) is 3. The van der Waals surface area contributed by atoms with E-state index in [4.69, 9.17) is 5.73 Å². The minimum absolute atomic E-state index is 0.219. The summed E-state index contributed by atoms with van der Waals surface area (Å²) in [6.07, 6.45) is 3.30. The van der Waals surface area contributed by atoms with Crippen LogP contribution >= 0.6 is 0 Å². The third-order valence-electron chi connectivity index (χ3n) is 3.11. The third-order valence-corrected chi connectivity index (χ3v) is 4.98. The molecule has 0 spiro atoms. The number of hydrogen-bond acceptors (Lipinski definition) is 4. The van der Waals surface area contributed by atoms with Gasteiger partial charge in [0, 0.05) is 25.7 Å². The molecule has 1 fully saturated rings. The van der Waals surface area contributed by atoms with Crippen LogP contribution in [0.15, 0.2) is 17.3 Å². The van der Waals surface area contributed by atoms with Gasteiger partial charge in [0.1, 0.15) is 0 Å². The van der Waals surface area contributed by atoms with Crippen LogP contribution < -0.4 is 5.73 Å². The standard InChI is InChI=1S/C10H18N4O2S/c1-3-5-10(11)7-14(8-10)17(15,16)9-4-6-12-13(9)2/h4,6H,3,5,7-8,11H2,1-2H3. The van der Waals surface area contributed by atoms with Crippen molar-refractivity contribution in [3.05, 3.63) is 12.3 Å². The Morgan fingerprint density at radius 2 is 2.18 bits per heavy atom. The van der Waals surface area contributed by atoms with Crippen molar-refractivity contribution in [3.63, 3.8) is 0 Å². The lowest BCUT2D eigenvalue weighted by Gasteiger charge is -2.46. The Morgan fingerprint density at radius 3 is 2.65 bits per heavy atom. The maximum Gasteiger partial charge on any atom is 0.260 e. The van der Waals surface area contributed by atoms with E-state index in [0.717, 1.165) is 12.8 Å². The highest BCUT2D eigenvalue weighted by atomic mass is 32.2. The average Bonchev–Trinajstić information content (AvgIpc) is 2.61. The van der Waals surface area contributed by atoms with Crippen molar-refractivity contribution in [2.24, 2.45) is 12.8 Å². The molecule has 1 aromatic rings. The molecular formula is C10H18N4O2S. The molecule has 96 valence electrons. The molecule has 7 heteroatoms. The molecule has 0 unspecified atom stereocenters. The van der Waals surface area contributed by atoms with E-state index in [1.807, 2.05) is 6.92 Å². The predicted octanol–water partition coefficient (Wildman–Crippen LogP) is -0.0780. The van der Waals surface area contributed by atoms with E-state index in [0.29, 0.717) is 13.1 Å². The molecule has 2 heterocycles. The lowest BCUT2D eigenvalue weighted by Crippen LogP contribution is -2.68. The number of aryl methyl sites for hydroxylation is 1. The smallest absolute Gasteiger partial charge is 0.260 e. The molecule has 0 aromatic carbocycles. The number of aromatic nitrogens is 2. The second-order valence-electron chi connectivity index (χ2n) is 4.68. The Bertz CT molecular complexity index is 502. The molecule has 0 amide bonds. The van der Waals surface area contributed by atoms with Crippen LogP contribution in [0.25, 0.3) is 0 Å². The van der Waals surface area contributed by atoms with Gasteiger partial charge in [0.2, 0.25) is 0 Å². The first-order valence-corrected chi connectivity index (χ1v) is 7.10. The highest BCUT2D eigenvalue weighted by Crippen LogP contribution is 2.29. The minimum atomic E-state index is -3.43. The predicted molar refractivity (Wildman–Crippen MR) is 63.8 cm³/mol. The highest BCUT2D eigenvalue weighted by Gasteiger charge is 2.45. The second kappa shape index (κ2) is 4.08. The van der Waals surface area contributed by atoms with E-state index in [1.54, 1.807) is 7.05 Å². The second-order valence-corrected chi connectivity index (χ2v) is 6.56. The zero-order valence-electron chi connectivity index (χ0n) is 10.1. The highest BCUT2D eigenvalue weighted by molar-refractivity contribution is 7.89. The lowest BCUT2D eigenvalue weighted by atomic mass is 9.89. The summed E-state index contributed by atoms with van der Waals surface area (Å²) in [6, 6.07) is 1.51. The third kappa shape index (κ3) is 2.10. The molecule has 0 bridgehead atoms. The van der Waals surface area contributed by atoms with Crippen molar-refractivity contribution >= 4 is 10.0 Å². The Hall–Kier alpha value is -0.920. The van der Waals surface area contributed by atoms with Gasteiger partial charge in [-0.1, -0.05) is 13.3 Å². The Morgan fingerprint density at radius 1 is 1.53 bits per heavy atom. The van der Waals surface area contributed by atoms with Crippen molar-refractivity contribution in [2.75, 3.05) is 13.1 Å². The first-order chi connectivity index (χ1) is 7.89. The largest absolute Gasteiger partial charge is 0.323 e. The van der Waals surface area contributed by atoms with Gasteiger partial charge in [0.05, 0.1) is 6.20 Å². The Labute approximate surface area is 101 Å². The summed E-state index contributed by atoms with van der Waals surface area (Å²) in [4.78, 5) is 0. The van der Waals surface area contributed by atoms with Crippen molar-refractivity contribution < 1.29 is 8.42 Å². The zero-order chi connectivity index (χ0) is 12.7. The van der Waals surface area contributed by atoms with Gasteiger partial charge in [0.25, 0.3) is 10.0 Å². The quantitative estimate of drug-likeness (QED) is 0.819. The molecule has 0 radical (unpaired) electrons. The van der Waals surface area contributed by atoms with E-state index >= 15 is 0 Å². The number of nitrogens with two attached hydrogens (primary N) is 1. The number of sulfonamides is 1. The molecule has 6 nitrogen and oxygen atoms in total. The molecule has 2 rings (SSSR count).